The number of nitrogens with one attached hydrogen (secondary N) is 1. The Labute approximate surface area is 118 Å². The van der Waals surface area contributed by atoms with Gasteiger partial charge in [-0.1, -0.05) is 17.4 Å². The highest BCUT2D eigenvalue weighted by Crippen LogP contribution is 2.17. The smallest absolute Gasteiger partial charge is 0.257 e. The summed E-state index contributed by atoms with van der Waals surface area (Å²) in [5.41, 5.74) is 0.248. The number of hydrogen-bond donors (Lipinski definition) is 1. The normalized spacial score (nSPS) is 10.4. The minimum Gasteiger partial charge on any atom is -0.296 e. The van der Waals surface area contributed by atoms with E-state index in [0.29, 0.717) is 11.0 Å². The van der Waals surface area contributed by atoms with Crippen LogP contribution in [-0.4, -0.2) is 22.0 Å². The Morgan fingerprint density at radius 1 is 1.42 bits per heavy atom. The van der Waals surface area contributed by atoms with Crippen LogP contribution in [0.5, 0.6) is 0 Å². The van der Waals surface area contributed by atoms with Gasteiger partial charge in [0.1, 0.15) is 10.8 Å². The number of hydrogen-bond acceptors (Lipinski definition) is 4. The molecule has 0 fully saturated rings. The van der Waals surface area contributed by atoms with E-state index in [1.165, 1.54) is 35.6 Å². The molecular weight excluding hydrogens is 289 g/mol. The van der Waals surface area contributed by atoms with Crippen molar-refractivity contribution in [3.63, 3.8) is 0 Å². The minimum absolute atomic E-state index is 0.248. The molecule has 2 rings (SSSR count). The lowest BCUT2D eigenvalue weighted by Crippen LogP contribution is -2.11. The zero-order chi connectivity index (χ0) is 13.7. The third kappa shape index (κ3) is 3.97. The van der Waals surface area contributed by atoms with Gasteiger partial charge in [0.2, 0.25) is 5.13 Å². The summed E-state index contributed by atoms with van der Waals surface area (Å²) in [7, 11) is 0. The topological polar surface area (TPSA) is 54.9 Å². The van der Waals surface area contributed by atoms with Crippen molar-refractivity contribution in [2.45, 2.75) is 12.8 Å². The molecule has 100 valence electrons. The van der Waals surface area contributed by atoms with E-state index in [0.717, 1.165) is 17.8 Å². The maximum Gasteiger partial charge on any atom is 0.257 e. The fourth-order valence-corrected chi connectivity index (χ4v) is 2.33. The molecule has 0 atom stereocenters. The number of benzene rings is 1. The molecule has 19 heavy (non-hydrogen) atoms. The molecule has 1 aromatic heterocycles. The van der Waals surface area contributed by atoms with E-state index in [9.17, 15) is 9.18 Å². The van der Waals surface area contributed by atoms with Gasteiger partial charge in [-0.3, -0.25) is 10.1 Å². The van der Waals surface area contributed by atoms with Crippen LogP contribution in [0.1, 0.15) is 21.8 Å². The van der Waals surface area contributed by atoms with Gasteiger partial charge in [-0.2, -0.15) is 0 Å². The molecule has 0 unspecified atom stereocenters. The van der Waals surface area contributed by atoms with Gasteiger partial charge in [0, 0.05) is 17.9 Å². The summed E-state index contributed by atoms with van der Waals surface area (Å²) < 4.78 is 13.0. The van der Waals surface area contributed by atoms with Crippen LogP contribution in [0.25, 0.3) is 0 Å². The lowest BCUT2D eigenvalue weighted by molar-refractivity contribution is 0.102. The van der Waals surface area contributed by atoms with E-state index in [1.807, 2.05) is 0 Å². The third-order valence-corrected chi connectivity index (χ3v) is 3.46. The Hall–Kier alpha value is -1.53. The molecule has 0 saturated carbocycles. The van der Waals surface area contributed by atoms with Crippen LogP contribution >= 0.6 is 22.9 Å². The van der Waals surface area contributed by atoms with Gasteiger partial charge in [-0.15, -0.1) is 21.8 Å². The number of carbonyl (C=O) groups is 1. The highest BCUT2D eigenvalue weighted by molar-refractivity contribution is 7.15. The van der Waals surface area contributed by atoms with Crippen LogP contribution in [0.3, 0.4) is 0 Å². The Bertz CT molecular complexity index is 576. The maximum atomic E-state index is 13.0. The quantitative estimate of drug-likeness (QED) is 0.863. The lowest BCUT2D eigenvalue weighted by atomic mass is 10.2. The summed E-state index contributed by atoms with van der Waals surface area (Å²) in [6.07, 6.45) is 1.55. The second kappa shape index (κ2) is 6.58. The molecule has 0 bridgehead atoms. The first-order valence-electron chi connectivity index (χ1n) is 5.64. The van der Waals surface area contributed by atoms with Crippen LogP contribution in [0.2, 0.25) is 0 Å². The number of aromatic nitrogens is 2. The first-order valence-corrected chi connectivity index (χ1v) is 6.99. The number of carbonyl (C=O) groups excluding carboxylic acids is 1. The first-order chi connectivity index (χ1) is 9.19. The summed E-state index contributed by atoms with van der Waals surface area (Å²) in [4.78, 5) is 11.8. The summed E-state index contributed by atoms with van der Waals surface area (Å²) in [6.45, 7) is 0. The Morgan fingerprint density at radius 2 is 2.26 bits per heavy atom. The second-order valence-corrected chi connectivity index (χ2v) is 5.20. The molecule has 1 heterocycles. The number of rotatable bonds is 5. The molecule has 7 heteroatoms. The molecular formula is C12H11ClFN3OS. The zero-order valence-electron chi connectivity index (χ0n) is 9.90. The highest BCUT2D eigenvalue weighted by atomic mass is 35.5. The lowest BCUT2D eigenvalue weighted by Gasteiger charge is -2.00. The van der Waals surface area contributed by atoms with Crippen molar-refractivity contribution < 1.29 is 9.18 Å². The largest absolute Gasteiger partial charge is 0.296 e. The monoisotopic (exact) mass is 299 g/mol. The fraction of sp³-hybridized carbons (Fsp3) is 0.250. The molecule has 0 aliphatic carbocycles. The number of alkyl halides is 1. The maximum absolute atomic E-state index is 13.0. The summed E-state index contributed by atoms with van der Waals surface area (Å²) in [5, 5.41) is 11.6. The van der Waals surface area contributed by atoms with Gasteiger partial charge < -0.3 is 0 Å². The second-order valence-electron chi connectivity index (χ2n) is 3.76. The van der Waals surface area contributed by atoms with Crippen molar-refractivity contribution in [1.29, 1.82) is 0 Å². The first kappa shape index (κ1) is 13.9. The van der Waals surface area contributed by atoms with Crippen LogP contribution in [0.4, 0.5) is 9.52 Å². The SMILES string of the molecule is O=C(Nc1nnc(CCCCl)s1)c1cccc(F)c1. The van der Waals surface area contributed by atoms with E-state index < -0.39 is 11.7 Å². The van der Waals surface area contributed by atoms with Crippen molar-refractivity contribution in [1.82, 2.24) is 10.2 Å². The molecule has 2 aromatic rings. The molecule has 0 spiro atoms. The average Bonchev–Trinajstić information content (AvgIpc) is 2.84. The summed E-state index contributed by atoms with van der Waals surface area (Å²) >= 11 is 6.88. The van der Waals surface area contributed by atoms with Gasteiger partial charge in [0.05, 0.1) is 0 Å². The Kier molecular flexibility index (Phi) is 4.81. The van der Waals surface area contributed by atoms with Crippen LogP contribution in [0, 0.1) is 5.82 Å². The number of amides is 1. The number of aryl methyl sites for hydroxylation is 1. The predicted octanol–water partition coefficient (Wildman–Crippen LogP) is 3.10. The number of halogens is 2. The van der Waals surface area contributed by atoms with Crippen LogP contribution in [0.15, 0.2) is 24.3 Å². The molecule has 0 radical (unpaired) electrons. The Morgan fingerprint density at radius 3 is 3.00 bits per heavy atom. The van der Waals surface area contributed by atoms with E-state index in [2.05, 4.69) is 15.5 Å². The summed E-state index contributed by atoms with van der Waals surface area (Å²) in [5.74, 6) is -0.294. The molecule has 4 nitrogen and oxygen atoms in total. The molecule has 0 aliphatic heterocycles. The van der Waals surface area contributed by atoms with Gasteiger partial charge in [0.25, 0.3) is 5.91 Å². The van der Waals surface area contributed by atoms with Gasteiger partial charge in [0.15, 0.2) is 0 Å². The van der Waals surface area contributed by atoms with Crippen molar-refractivity contribution in [3.8, 4) is 0 Å². The molecule has 0 saturated heterocycles. The summed E-state index contributed by atoms with van der Waals surface area (Å²) in [6, 6.07) is 5.47. The number of nitrogens with zero attached hydrogens (tertiary/aromatic N) is 2. The van der Waals surface area contributed by atoms with E-state index in [1.54, 1.807) is 0 Å². The minimum atomic E-state index is -0.451. The van der Waals surface area contributed by atoms with Crippen molar-refractivity contribution in [2.24, 2.45) is 0 Å². The van der Waals surface area contributed by atoms with Crippen molar-refractivity contribution in [2.75, 3.05) is 11.2 Å². The highest BCUT2D eigenvalue weighted by Gasteiger charge is 2.10. The fourth-order valence-electron chi connectivity index (χ4n) is 1.42. The van der Waals surface area contributed by atoms with Gasteiger partial charge in [-0.25, -0.2) is 4.39 Å². The van der Waals surface area contributed by atoms with Crippen molar-refractivity contribution >= 4 is 34.0 Å². The molecule has 1 amide bonds. The van der Waals surface area contributed by atoms with Crippen LogP contribution < -0.4 is 5.32 Å². The van der Waals surface area contributed by atoms with Gasteiger partial charge >= 0.3 is 0 Å². The predicted molar refractivity (Wildman–Crippen MR) is 73.3 cm³/mol. The van der Waals surface area contributed by atoms with E-state index >= 15 is 0 Å². The van der Waals surface area contributed by atoms with E-state index in [4.69, 9.17) is 11.6 Å². The Balaban J connectivity index is 2.00. The van der Waals surface area contributed by atoms with Crippen molar-refractivity contribution in [3.05, 3.63) is 40.7 Å². The standard InChI is InChI=1S/C12H11ClFN3OS/c13-6-2-5-10-16-17-12(19-10)15-11(18)8-3-1-4-9(14)7-8/h1,3-4,7H,2,5-6H2,(H,15,17,18). The van der Waals surface area contributed by atoms with Gasteiger partial charge in [-0.05, 0) is 24.6 Å². The van der Waals surface area contributed by atoms with E-state index in [-0.39, 0.29) is 5.56 Å². The average molecular weight is 300 g/mol. The molecule has 0 aliphatic rings. The zero-order valence-corrected chi connectivity index (χ0v) is 11.5. The van der Waals surface area contributed by atoms with Crippen LogP contribution in [-0.2, 0) is 6.42 Å². The number of anilines is 1. The molecule has 1 N–H and O–H groups in total. The molecule has 1 aromatic carbocycles. The third-order valence-electron chi connectivity index (χ3n) is 2.30.